The molecule has 1 saturated heterocycles. The number of imidazole rings is 1. The van der Waals surface area contributed by atoms with Gasteiger partial charge in [-0.25, -0.2) is 19.2 Å². The van der Waals surface area contributed by atoms with Gasteiger partial charge >= 0.3 is 6.16 Å². The Hall–Kier alpha value is -3.03. The molecular formula is C36H44ClFN4O5SSi. The zero-order chi connectivity index (χ0) is 35.0. The topological polar surface area (TPSA) is 97.6 Å². The van der Waals surface area contributed by atoms with Gasteiger partial charge in [-0.2, -0.15) is 4.98 Å². The van der Waals surface area contributed by atoms with Crippen molar-refractivity contribution in [3.8, 4) is 0 Å². The monoisotopic (exact) mass is 726 g/mol. The van der Waals surface area contributed by atoms with Gasteiger partial charge < -0.3 is 18.6 Å². The minimum absolute atomic E-state index is 0.0382. The smallest absolute Gasteiger partial charge is 0.429 e. The van der Waals surface area contributed by atoms with Crippen molar-refractivity contribution in [2.24, 2.45) is 0 Å². The molecule has 0 bridgehead atoms. The summed E-state index contributed by atoms with van der Waals surface area (Å²) in [7, 11) is -3.05. The zero-order valence-electron chi connectivity index (χ0n) is 28.8. The van der Waals surface area contributed by atoms with E-state index in [2.05, 4.69) is 60.0 Å². The highest BCUT2D eigenvalue weighted by Gasteiger charge is 2.54. The minimum atomic E-state index is -3.05. The first kappa shape index (κ1) is 35.8. The van der Waals surface area contributed by atoms with Crippen molar-refractivity contribution in [2.45, 2.75) is 113 Å². The third-order valence-electron chi connectivity index (χ3n) is 8.99. The maximum absolute atomic E-state index is 16.8. The van der Waals surface area contributed by atoms with Crippen molar-refractivity contribution in [3.63, 3.8) is 0 Å². The molecule has 1 aliphatic heterocycles. The summed E-state index contributed by atoms with van der Waals surface area (Å²) in [6.45, 7) is 11.6. The van der Waals surface area contributed by atoms with Crippen LogP contribution >= 0.6 is 23.4 Å². The Morgan fingerprint density at radius 3 is 2.18 bits per heavy atom. The largest absolute Gasteiger partial charge is 0.509 e. The zero-order valence-corrected chi connectivity index (χ0v) is 31.3. The van der Waals surface area contributed by atoms with Crippen LogP contribution in [-0.2, 0) is 18.6 Å². The summed E-state index contributed by atoms with van der Waals surface area (Å²) in [5, 5.41) is 2.88. The van der Waals surface area contributed by atoms with Crippen LogP contribution in [0.2, 0.25) is 10.3 Å². The van der Waals surface area contributed by atoms with Crippen molar-refractivity contribution in [1.82, 2.24) is 19.5 Å². The van der Waals surface area contributed by atoms with Crippen LogP contribution in [0.4, 0.5) is 9.18 Å². The predicted octanol–water partition coefficient (Wildman–Crippen LogP) is 7.65. The van der Waals surface area contributed by atoms with Crippen molar-refractivity contribution < 1.29 is 27.8 Å². The van der Waals surface area contributed by atoms with Crippen LogP contribution in [0.1, 0.15) is 73.5 Å². The van der Waals surface area contributed by atoms with Crippen molar-refractivity contribution in [1.29, 1.82) is 0 Å². The van der Waals surface area contributed by atoms with Crippen LogP contribution in [0.5, 0.6) is 0 Å². The Bertz CT molecular complexity index is 1710. The molecule has 3 heterocycles. The number of halogens is 2. The van der Waals surface area contributed by atoms with Crippen LogP contribution < -0.4 is 10.4 Å². The van der Waals surface area contributed by atoms with Gasteiger partial charge in [0, 0.05) is 5.25 Å². The van der Waals surface area contributed by atoms with E-state index < -0.39 is 44.7 Å². The fraction of sp³-hybridized carbons (Fsp3) is 0.500. The number of nitrogens with zero attached hydrogens (tertiary/aromatic N) is 4. The lowest BCUT2D eigenvalue weighted by molar-refractivity contribution is -0.0662. The minimum Gasteiger partial charge on any atom is -0.429 e. The Balaban J connectivity index is 1.36. The molecule has 2 aromatic heterocycles. The summed E-state index contributed by atoms with van der Waals surface area (Å²) < 4.78 is 43.1. The standard InChI is InChI=1S/C36H44ClFN4O5SSi/c1-35(2,3)47-34(43)46-29-26(21-44-49(36(4,5)6,24-17-9-7-10-18-24)25-19-11-8-12-20-25)45-32(27(29)38)42-22-39-28-30(42)40-33(37)41-31(28)48-23-15-13-14-16-23/h7-12,17-20,22-23,26-27,29,32H,13-16,21H2,1-6H3/t26-,27+,29-,32-/m1/s1. The molecule has 6 rings (SSSR count). The lowest BCUT2D eigenvalue weighted by Crippen LogP contribution is -2.67. The number of aromatic nitrogens is 4. The van der Waals surface area contributed by atoms with Gasteiger partial charge in [-0.05, 0) is 60.6 Å². The molecule has 0 spiro atoms. The van der Waals surface area contributed by atoms with E-state index in [1.54, 1.807) is 32.5 Å². The Kier molecular flexibility index (Phi) is 10.4. The quantitative estimate of drug-likeness (QED) is 0.0746. The fourth-order valence-electron chi connectivity index (χ4n) is 6.84. The number of carbonyl (C=O) groups excluding carboxylic acids is 1. The number of alkyl halides is 1. The van der Waals surface area contributed by atoms with Crippen molar-refractivity contribution >= 4 is 59.4 Å². The molecule has 1 aliphatic carbocycles. The van der Waals surface area contributed by atoms with Crippen LogP contribution in [0, 0.1) is 0 Å². The van der Waals surface area contributed by atoms with E-state index in [9.17, 15) is 4.79 Å². The van der Waals surface area contributed by atoms with Crippen molar-refractivity contribution in [3.05, 3.63) is 72.3 Å². The first-order chi connectivity index (χ1) is 23.3. The number of benzene rings is 2. The molecule has 4 atom stereocenters. The summed E-state index contributed by atoms with van der Waals surface area (Å²) in [5.41, 5.74) is 0.0241. The number of ether oxygens (including phenoxy) is 3. The normalized spacial score (nSPS) is 22.1. The number of rotatable bonds is 9. The third kappa shape index (κ3) is 7.53. The molecule has 2 aliphatic rings. The molecule has 0 radical (unpaired) electrons. The van der Waals surface area contributed by atoms with Gasteiger partial charge in [0.05, 0.1) is 12.9 Å². The van der Waals surface area contributed by atoms with E-state index in [-0.39, 0.29) is 16.9 Å². The summed E-state index contributed by atoms with van der Waals surface area (Å²) >= 11 is 8.04. The highest BCUT2D eigenvalue weighted by atomic mass is 35.5. The van der Waals surface area contributed by atoms with Gasteiger partial charge in [-0.15, -0.1) is 11.8 Å². The third-order valence-corrected chi connectivity index (χ3v) is 15.5. The van der Waals surface area contributed by atoms with Crippen LogP contribution in [0.15, 0.2) is 72.0 Å². The SMILES string of the molecule is CC(C)(C)OC(=O)O[C@H]1[C@H](F)[C@H](n2cnc3c(SC4CCCC4)nc(Cl)nc32)O[C@@H]1CO[Si](c1ccccc1)(c1ccccc1)C(C)(C)C. The summed E-state index contributed by atoms with van der Waals surface area (Å²) in [4.78, 5) is 26.5. The van der Waals surface area contributed by atoms with Crippen LogP contribution in [0.25, 0.3) is 11.2 Å². The van der Waals surface area contributed by atoms with Gasteiger partial charge in [0.1, 0.15) is 22.2 Å². The van der Waals surface area contributed by atoms with E-state index in [0.717, 1.165) is 23.2 Å². The van der Waals surface area contributed by atoms with E-state index in [1.807, 2.05) is 36.4 Å². The predicted molar refractivity (Wildman–Crippen MR) is 192 cm³/mol. The Morgan fingerprint density at radius 1 is 1.00 bits per heavy atom. The van der Waals surface area contributed by atoms with Gasteiger partial charge in [0.25, 0.3) is 8.32 Å². The molecule has 2 fully saturated rings. The molecule has 13 heteroatoms. The second-order valence-electron chi connectivity index (χ2n) is 14.7. The molecule has 0 amide bonds. The number of fused-ring (bicyclic) bond motifs is 1. The molecule has 262 valence electrons. The average Bonchev–Trinajstić information content (AvgIpc) is 3.77. The van der Waals surface area contributed by atoms with E-state index in [0.29, 0.717) is 21.4 Å². The summed E-state index contributed by atoms with van der Waals surface area (Å²) in [6.07, 6.45) is -0.368. The van der Waals surface area contributed by atoms with Gasteiger partial charge in [0.15, 0.2) is 24.2 Å². The van der Waals surface area contributed by atoms with Gasteiger partial charge in [-0.1, -0.05) is 94.3 Å². The molecule has 1 saturated carbocycles. The molecular weight excluding hydrogens is 683 g/mol. The van der Waals surface area contributed by atoms with E-state index in [4.69, 9.17) is 30.2 Å². The molecule has 0 unspecified atom stereocenters. The number of carbonyl (C=O) groups is 1. The number of hydrogen-bond donors (Lipinski definition) is 0. The highest BCUT2D eigenvalue weighted by molar-refractivity contribution is 8.00. The van der Waals surface area contributed by atoms with E-state index >= 15 is 4.39 Å². The molecule has 0 N–H and O–H groups in total. The van der Waals surface area contributed by atoms with Crippen molar-refractivity contribution in [2.75, 3.05) is 6.61 Å². The maximum atomic E-state index is 16.8. The lowest BCUT2D eigenvalue weighted by Gasteiger charge is -2.43. The number of thioether (sulfide) groups is 1. The number of hydrogen-bond acceptors (Lipinski definition) is 9. The second kappa shape index (κ2) is 14.3. The fourth-order valence-corrected chi connectivity index (χ4v) is 12.9. The van der Waals surface area contributed by atoms with Crippen LogP contribution in [0.3, 0.4) is 0 Å². The van der Waals surface area contributed by atoms with E-state index in [1.165, 1.54) is 23.7 Å². The average molecular weight is 727 g/mol. The summed E-state index contributed by atoms with van der Waals surface area (Å²) in [6, 6.07) is 20.3. The lowest BCUT2D eigenvalue weighted by atomic mass is 10.1. The van der Waals surface area contributed by atoms with Gasteiger partial charge in [0.2, 0.25) is 5.28 Å². The Morgan fingerprint density at radius 2 is 1.61 bits per heavy atom. The van der Waals surface area contributed by atoms with Gasteiger partial charge in [-0.3, -0.25) is 4.57 Å². The molecule has 9 nitrogen and oxygen atoms in total. The second-order valence-corrected chi connectivity index (χ2v) is 20.6. The van der Waals surface area contributed by atoms with Crippen LogP contribution in [-0.4, -0.2) is 69.8 Å². The highest BCUT2D eigenvalue weighted by Crippen LogP contribution is 2.42. The first-order valence-corrected chi connectivity index (χ1v) is 19.9. The first-order valence-electron chi connectivity index (χ1n) is 16.8. The molecule has 2 aromatic carbocycles. The summed E-state index contributed by atoms with van der Waals surface area (Å²) in [5.74, 6) is 0. The molecule has 49 heavy (non-hydrogen) atoms. The Labute approximate surface area is 297 Å². The molecule has 4 aromatic rings. The maximum Gasteiger partial charge on any atom is 0.509 e.